The number of nitrogens with one attached hydrogen (secondary N) is 1. The maximum absolute atomic E-state index is 12.6. The van der Waals surface area contributed by atoms with E-state index in [9.17, 15) is 4.79 Å². The summed E-state index contributed by atoms with van der Waals surface area (Å²) >= 11 is 0. The molecule has 3 aromatic rings. The lowest BCUT2D eigenvalue weighted by molar-refractivity contribution is 0.0937. The number of hydrogen-bond acceptors (Lipinski definition) is 3. The average molecular weight is 374 g/mol. The van der Waals surface area contributed by atoms with Crippen molar-refractivity contribution in [2.45, 2.75) is 32.9 Å². The van der Waals surface area contributed by atoms with Gasteiger partial charge < -0.3 is 5.32 Å². The van der Waals surface area contributed by atoms with Crippen LogP contribution in [-0.2, 0) is 6.54 Å². The largest absolute Gasteiger partial charge is 0.348 e. The molecule has 1 aliphatic heterocycles. The molecule has 1 amide bonds. The van der Waals surface area contributed by atoms with Gasteiger partial charge in [0.15, 0.2) is 0 Å². The molecule has 0 saturated carbocycles. The van der Waals surface area contributed by atoms with Crippen LogP contribution >= 0.6 is 0 Å². The van der Waals surface area contributed by atoms with Gasteiger partial charge in [0.1, 0.15) is 0 Å². The van der Waals surface area contributed by atoms with Crippen LogP contribution in [0.3, 0.4) is 0 Å². The second-order valence-corrected chi connectivity index (χ2v) is 7.57. The smallest absolute Gasteiger partial charge is 0.251 e. The fourth-order valence-corrected chi connectivity index (χ4v) is 3.85. The summed E-state index contributed by atoms with van der Waals surface area (Å²) in [6, 6.07) is 20.4. The van der Waals surface area contributed by atoms with Gasteiger partial charge in [0.2, 0.25) is 0 Å². The van der Waals surface area contributed by atoms with E-state index in [1.54, 1.807) is 0 Å². The number of carbonyl (C=O) groups excluding carboxylic acids is 1. The third-order valence-electron chi connectivity index (χ3n) is 5.24. The number of carbonyl (C=O) groups is 1. The lowest BCUT2D eigenvalue weighted by Crippen LogP contribution is -2.37. The predicted octanol–water partition coefficient (Wildman–Crippen LogP) is 3.49. The molecule has 4 rings (SSSR count). The maximum atomic E-state index is 12.6. The Morgan fingerprint density at radius 3 is 2.54 bits per heavy atom. The van der Waals surface area contributed by atoms with Crippen molar-refractivity contribution >= 4 is 5.91 Å². The number of amides is 1. The minimum absolute atomic E-state index is 0.00789. The molecule has 1 unspecified atom stereocenters. The molecule has 144 valence electrons. The van der Waals surface area contributed by atoms with E-state index in [2.05, 4.69) is 39.6 Å². The molecular weight excluding hydrogens is 348 g/mol. The van der Waals surface area contributed by atoms with Gasteiger partial charge in [-0.3, -0.25) is 9.69 Å². The van der Waals surface area contributed by atoms with Crippen LogP contribution in [0.25, 0.3) is 5.69 Å². The van der Waals surface area contributed by atoms with Gasteiger partial charge in [-0.15, -0.1) is 0 Å². The molecule has 0 spiro atoms. The zero-order valence-corrected chi connectivity index (χ0v) is 16.4. The van der Waals surface area contributed by atoms with Gasteiger partial charge in [-0.2, -0.15) is 5.10 Å². The van der Waals surface area contributed by atoms with Crippen LogP contribution in [0.2, 0.25) is 0 Å². The molecule has 0 bridgehead atoms. The Labute approximate surface area is 166 Å². The second kappa shape index (κ2) is 7.98. The highest BCUT2D eigenvalue weighted by atomic mass is 16.1. The molecule has 1 N–H and O–H groups in total. The van der Waals surface area contributed by atoms with Crippen LogP contribution in [0.4, 0.5) is 0 Å². The first-order valence-corrected chi connectivity index (χ1v) is 9.79. The summed E-state index contributed by atoms with van der Waals surface area (Å²) in [7, 11) is 0. The van der Waals surface area contributed by atoms with Crippen molar-refractivity contribution in [3.8, 4) is 5.69 Å². The van der Waals surface area contributed by atoms with E-state index in [0.717, 1.165) is 43.1 Å². The van der Waals surface area contributed by atoms with Gasteiger partial charge in [0.25, 0.3) is 5.91 Å². The fraction of sp³-hybridized carbons (Fsp3) is 0.304. The molecule has 2 aromatic carbocycles. The number of nitrogens with zero attached hydrogens (tertiary/aromatic N) is 3. The van der Waals surface area contributed by atoms with E-state index in [0.29, 0.717) is 5.56 Å². The zero-order valence-electron chi connectivity index (χ0n) is 16.4. The molecule has 1 aromatic heterocycles. The Morgan fingerprint density at radius 1 is 1.11 bits per heavy atom. The molecule has 2 heterocycles. The lowest BCUT2D eigenvalue weighted by Gasteiger charge is -2.17. The van der Waals surface area contributed by atoms with Crippen molar-refractivity contribution in [1.29, 1.82) is 0 Å². The van der Waals surface area contributed by atoms with E-state index in [-0.39, 0.29) is 11.9 Å². The van der Waals surface area contributed by atoms with Gasteiger partial charge in [0, 0.05) is 36.9 Å². The highest BCUT2D eigenvalue weighted by Gasteiger charge is 2.24. The summed E-state index contributed by atoms with van der Waals surface area (Å²) < 4.78 is 1.90. The third-order valence-corrected chi connectivity index (χ3v) is 5.24. The van der Waals surface area contributed by atoms with Crippen LogP contribution in [-0.4, -0.2) is 39.7 Å². The van der Waals surface area contributed by atoms with Crippen LogP contribution in [0.15, 0.2) is 60.7 Å². The number of hydrogen-bond donors (Lipinski definition) is 1. The van der Waals surface area contributed by atoms with Crippen molar-refractivity contribution < 1.29 is 4.79 Å². The Bertz CT molecular complexity index is 946. The first-order chi connectivity index (χ1) is 13.6. The molecule has 5 heteroatoms. The summed E-state index contributed by atoms with van der Waals surface area (Å²) in [5.74, 6) is -0.00789. The zero-order chi connectivity index (χ0) is 19.5. The second-order valence-electron chi connectivity index (χ2n) is 7.57. The summed E-state index contributed by atoms with van der Waals surface area (Å²) in [5, 5.41) is 7.67. The SMILES string of the molecule is Cc1cc(C)n(-c2ccc(C(=O)NC3CCN(Cc4ccccc4)C3)cc2)n1. The molecule has 5 nitrogen and oxygen atoms in total. The molecule has 0 aliphatic carbocycles. The molecule has 1 fully saturated rings. The highest BCUT2D eigenvalue weighted by molar-refractivity contribution is 5.94. The van der Waals surface area contributed by atoms with Gasteiger partial charge in [-0.05, 0) is 56.2 Å². The molecule has 1 aliphatic rings. The number of likely N-dealkylation sites (tertiary alicyclic amines) is 1. The van der Waals surface area contributed by atoms with Crippen molar-refractivity contribution in [3.63, 3.8) is 0 Å². The van der Waals surface area contributed by atoms with Crippen molar-refractivity contribution in [1.82, 2.24) is 20.0 Å². The monoisotopic (exact) mass is 374 g/mol. The summed E-state index contributed by atoms with van der Waals surface area (Å²) in [6.45, 7) is 6.85. The van der Waals surface area contributed by atoms with Crippen molar-refractivity contribution in [2.24, 2.45) is 0 Å². The lowest BCUT2D eigenvalue weighted by atomic mass is 10.1. The van der Waals surface area contributed by atoms with E-state index in [4.69, 9.17) is 0 Å². The normalized spacial score (nSPS) is 17.0. The Morgan fingerprint density at radius 2 is 1.86 bits per heavy atom. The number of aryl methyl sites for hydroxylation is 2. The minimum atomic E-state index is -0.00789. The van der Waals surface area contributed by atoms with Gasteiger partial charge in [-0.25, -0.2) is 4.68 Å². The summed E-state index contributed by atoms with van der Waals surface area (Å²) in [5.41, 5.74) is 5.04. The van der Waals surface area contributed by atoms with Gasteiger partial charge in [-0.1, -0.05) is 30.3 Å². The molecule has 0 radical (unpaired) electrons. The van der Waals surface area contributed by atoms with Crippen LogP contribution in [0, 0.1) is 13.8 Å². The first kappa shape index (κ1) is 18.4. The van der Waals surface area contributed by atoms with Gasteiger partial charge >= 0.3 is 0 Å². The standard InChI is InChI=1S/C23H26N4O/c1-17-14-18(2)27(25-17)22-10-8-20(9-11-22)23(28)24-21-12-13-26(16-21)15-19-6-4-3-5-7-19/h3-11,14,21H,12-13,15-16H2,1-2H3,(H,24,28). The topological polar surface area (TPSA) is 50.2 Å². The Balaban J connectivity index is 1.34. The minimum Gasteiger partial charge on any atom is -0.348 e. The summed E-state index contributed by atoms with van der Waals surface area (Å²) in [4.78, 5) is 15.0. The first-order valence-electron chi connectivity index (χ1n) is 9.79. The van der Waals surface area contributed by atoms with Crippen LogP contribution in [0.1, 0.15) is 33.7 Å². The maximum Gasteiger partial charge on any atom is 0.251 e. The van der Waals surface area contributed by atoms with Crippen molar-refractivity contribution in [2.75, 3.05) is 13.1 Å². The van der Waals surface area contributed by atoms with Crippen molar-refractivity contribution in [3.05, 3.63) is 83.2 Å². The number of benzene rings is 2. The third kappa shape index (κ3) is 4.15. The fourth-order valence-electron chi connectivity index (χ4n) is 3.85. The molecule has 1 saturated heterocycles. The van der Waals surface area contributed by atoms with E-state index in [1.165, 1.54) is 5.56 Å². The molecule has 28 heavy (non-hydrogen) atoms. The Hall–Kier alpha value is -2.92. The molecular formula is C23H26N4O. The van der Waals surface area contributed by atoms with Gasteiger partial charge in [0.05, 0.1) is 11.4 Å². The van der Waals surface area contributed by atoms with E-state index >= 15 is 0 Å². The van der Waals surface area contributed by atoms with E-state index < -0.39 is 0 Å². The van der Waals surface area contributed by atoms with E-state index in [1.807, 2.05) is 54.9 Å². The predicted molar refractivity (Wildman–Crippen MR) is 111 cm³/mol. The number of rotatable bonds is 5. The summed E-state index contributed by atoms with van der Waals surface area (Å²) in [6.07, 6.45) is 0.989. The van der Waals surface area contributed by atoms with Crippen LogP contribution in [0.5, 0.6) is 0 Å². The number of aromatic nitrogens is 2. The van der Waals surface area contributed by atoms with Crippen LogP contribution < -0.4 is 5.32 Å². The quantitative estimate of drug-likeness (QED) is 0.744. The highest BCUT2D eigenvalue weighted by Crippen LogP contribution is 2.16. The average Bonchev–Trinajstić information content (AvgIpc) is 3.28. The Kier molecular flexibility index (Phi) is 5.26. The molecule has 1 atom stereocenters.